The van der Waals surface area contributed by atoms with Crippen LogP contribution >= 0.6 is 0 Å². The van der Waals surface area contributed by atoms with Gasteiger partial charge < -0.3 is 0 Å². The van der Waals surface area contributed by atoms with Gasteiger partial charge in [-0.3, -0.25) is 0 Å². The Kier molecular flexibility index (Phi) is 4.61. The second-order valence-electron chi connectivity index (χ2n) is 7.17. The zero-order chi connectivity index (χ0) is 14.8. The monoisotopic (exact) mass is 292 g/mol. The van der Waals surface area contributed by atoms with Crippen molar-refractivity contribution in [2.24, 2.45) is 17.8 Å². The molecular weight excluding hydrogens is 266 g/mol. The number of rotatable bonds is 3. The molecule has 0 nitrogen and oxygen atoms in total. The van der Waals surface area contributed by atoms with E-state index in [1.807, 2.05) is 0 Å². The lowest BCUT2D eigenvalue weighted by Crippen LogP contribution is -2.30. The second-order valence-corrected chi connectivity index (χ2v) is 7.17. The van der Waals surface area contributed by atoms with Crippen LogP contribution in [0.3, 0.4) is 0 Å². The van der Waals surface area contributed by atoms with Crippen molar-refractivity contribution in [3.63, 3.8) is 0 Å². The number of halogens is 2. The van der Waals surface area contributed by atoms with Crippen molar-refractivity contribution in [1.82, 2.24) is 0 Å². The molecule has 3 rings (SSSR count). The van der Waals surface area contributed by atoms with Crippen molar-refractivity contribution in [1.29, 1.82) is 0 Å². The van der Waals surface area contributed by atoms with Gasteiger partial charge in [-0.15, -0.1) is 0 Å². The number of hydrogen-bond donors (Lipinski definition) is 0. The summed E-state index contributed by atoms with van der Waals surface area (Å²) in [6, 6.07) is 4.49. The van der Waals surface area contributed by atoms with Crippen LogP contribution in [0.4, 0.5) is 8.78 Å². The van der Waals surface area contributed by atoms with Gasteiger partial charge in [-0.2, -0.15) is 0 Å². The van der Waals surface area contributed by atoms with E-state index in [9.17, 15) is 8.78 Å². The van der Waals surface area contributed by atoms with E-state index >= 15 is 0 Å². The lowest BCUT2D eigenvalue weighted by Gasteiger charge is -2.42. The van der Waals surface area contributed by atoms with Gasteiger partial charge >= 0.3 is 0 Å². The molecule has 0 N–H and O–H groups in total. The highest BCUT2D eigenvalue weighted by Crippen LogP contribution is 2.48. The maximum Gasteiger partial charge on any atom is 0.159 e. The second kappa shape index (κ2) is 6.46. The van der Waals surface area contributed by atoms with Gasteiger partial charge in [0.15, 0.2) is 11.6 Å². The zero-order valence-electron chi connectivity index (χ0n) is 13.0. The Labute approximate surface area is 126 Å². The van der Waals surface area contributed by atoms with Crippen LogP contribution < -0.4 is 0 Å². The maximum absolute atomic E-state index is 13.4. The minimum atomic E-state index is -0.729. The fourth-order valence-corrected chi connectivity index (χ4v) is 4.73. The summed E-state index contributed by atoms with van der Waals surface area (Å²) in [5.74, 6) is 1.65. The van der Waals surface area contributed by atoms with Crippen LogP contribution in [0.25, 0.3) is 0 Å². The molecule has 0 spiro atoms. The van der Waals surface area contributed by atoms with E-state index in [0.717, 1.165) is 29.7 Å². The third kappa shape index (κ3) is 3.30. The third-order valence-corrected chi connectivity index (χ3v) is 5.83. The van der Waals surface area contributed by atoms with Crippen molar-refractivity contribution in [3.8, 4) is 0 Å². The first-order chi connectivity index (χ1) is 10.2. The highest BCUT2D eigenvalue weighted by Gasteiger charge is 2.35. The quantitative estimate of drug-likeness (QED) is 0.634. The SMILES string of the molecule is CCCC1CC[C@@H]2C[C@H](c3ccc(F)c(F)c3)CCC2C1. The Hall–Kier alpha value is -0.920. The van der Waals surface area contributed by atoms with Crippen LogP contribution in [0, 0.1) is 29.4 Å². The van der Waals surface area contributed by atoms with Crippen molar-refractivity contribution >= 4 is 0 Å². The molecule has 0 heterocycles. The highest BCUT2D eigenvalue weighted by atomic mass is 19.2. The van der Waals surface area contributed by atoms with Crippen LogP contribution in [-0.4, -0.2) is 0 Å². The van der Waals surface area contributed by atoms with Gasteiger partial charge in [-0.25, -0.2) is 8.78 Å². The maximum atomic E-state index is 13.4. The molecule has 0 radical (unpaired) electrons. The average Bonchev–Trinajstić information content (AvgIpc) is 2.50. The van der Waals surface area contributed by atoms with E-state index < -0.39 is 11.6 Å². The minimum absolute atomic E-state index is 0.434. The first-order valence-electron chi connectivity index (χ1n) is 8.62. The highest BCUT2D eigenvalue weighted by molar-refractivity contribution is 5.22. The molecule has 2 fully saturated rings. The van der Waals surface area contributed by atoms with Crippen LogP contribution in [0.15, 0.2) is 18.2 Å². The molecule has 2 heteroatoms. The van der Waals surface area contributed by atoms with Crippen LogP contribution in [0.2, 0.25) is 0 Å². The topological polar surface area (TPSA) is 0 Å². The largest absolute Gasteiger partial charge is 0.204 e. The number of fused-ring (bicyclic) bond motifs is 1. The van der Waals surface area contributed by atoms with Crippen LogP contribution in [0.5, 0.6) is 0 Å². The van der Waals surface area contributed by atoms with Crippen molar-refractivity contribution in [2.45, 2.75) is 64.2 Å². The zero-order valence-corrected chi connectivity index (χ0v) is 13.0. The standard InChI is InChI=1S/C19H26F2/c1-2-3-13-4-5-15-11-16(7-6-14(15)10-13)17-8-9-18(20)19(21)12-17/h8-9,12-16H,2-7,10-11H2,1H3/t13?,14?,15-,16-/m1/s1. The number of hydrogen-bond acceptors (Lipinski definition) is 0. The number of benzene rings is 1. The molecule has 2 aliphatic carbocycles. The molecule has 0 saturated heterocycles. The van der Waals surface area contributed by atoms with Crippen molar-refractivity contribution in [3.05, 3.63) is 35.4 Å². The van der Waals surface area contributed by atoms with Gasteiger partial charge in [0.1, 0.15) is 0 Å². The van der Waals surface area contributed by atoms with Gasteiger partial charge in [0.05, 0.1) is 0 Å². The van der Waals surface area contributed by atoms with Crippen LogP contribution in [0.1, 0.15) is 69.8 Å². The van der Waals surface area contributed by atoms with Crippen molar-refractivity contribution in [2.75, 3.05) is 0 Å². The summed E-state index contributed by atoms with van der Waals surface area (Å²) in [5, 5.41) is 0. The molecule has 2 aliphatic rings. The van der Waals surface area contributed by atoms with Crippen LogP contribution in [-0.2, 0) is 0 Å². The Morgan fingerprint density at radius 2 is 1.71 bits per heavy atom. The fraction of sp³-hybridized carbons (Fsp3) is 0.684. The lowest BCUT2D eigenvalue weighted by atomic mass is 9.63. The smallest absolute Gasteiger partial charge is 0.159 e. The third-order valence-electron chi connectivity index (χ3n) is 5.83. The molecule has 2 unspecified atom stereocenters. The molecule has 1 aromatic rings. The Balaban J connectivity index is 1.64. The van der Waals surface area contributed by atoms with Crippen molar-refractivity contribution < 1.29 is 8.78 Å². The van der Waals surface area contributed by atoms with E-state index in [-0.39, 0.29) is 0 Å². The molecule has 0 aromatic heterocycles. The van der Waals surface area contributed by atoms with E-state index in [1.54, 1.807) is 6.07 Å². The Morgan fingerprint density at radius 1 is 0.952 bits per heavy atom. The molecule has 4 atom stereocenters. The van der Waals surface area contributed by atoms with Gasteiger partial charge in [-0.05, 0) is 73.5 Å². The molecular formula is C19H26F2. The summed E-state index contributed by atoms with van der Waals surface area (Å²) < 4.78 is 26.5. The van der Waals surface area contributed by atoms with E-state index in [1.165, 1.54) is 57.1 Å². The van der Waals surface area contributed by atoms with Gasteiger partial charge in [0, 0.05) is 0 Å². The Bertz CT molecular complexity index is 482. The first-order valence-corrected chi connectivity index (χ1v) is 8.62. The summed E-state index contributed by atoms with van der Waals surface area (Å²) in [6.45, 7) is 2.28. The lowest BCUT2D eigenvalue weighted by molar-refractivity contribution is 0.114. The summed E-state index contributed by atoms with van der Waals surface area (Å²) in [5.41, 5.74) is 1.00. The molecule has 2 saturated carbocycles. The predicted octanol–water partition coefficient (Wildman–Crippen LogP) is 6.06. The molecule has 1 aromatic carbocycles. The fourth-order valence-electron chi connectivity index (χ4n) is 4.73. The van der Waals surface area contributed by atoms with Gasteiger partial charge in [0.25, 0.3) is 0 Å². The Morgan fingerprint density at radius 3 is 2.48 bits per heavy atom. The predicted molar refractivity (Wildman–Crippen MR) is 82.2 cm³/mol. The molecule has 0 aliphatic heterocycles. The summed E-state index contributed by atoms with van der Waals surface area (Å²) in [4.78, 5) is 0. The average molecular weight is 292 g/mol. The van der Waals surface area contributed by atoms with E-state index in [4.69, 9.17) is 0 Å². The van der Waals surface area contributed by atoms with E-state index in [2.05, 4.69) is 6.92 Å². The minimum Gasteiger partial charge on any atom is -0.204 e. The summed E-state index contributed by atoms with van der Waals surface area (Å²) in [7, 11) is 0. The van der Waals surface area contributed by atoms with E-state index in [0.29, 0.717) is 5.92 Å². The summed E-state index contributed by atoms with van der Waals surface area (Å²) >= 11 is 0. The molecule has 116 valence electrons. The van der Waals surface area contributed by atoms with Gasteiger partial charge in [0.2, 0.25) is 0 Å². The molecule has 21 heavy (non-hydrogen) atoms. The molecule has 0 bridgehead atoms. The molecule has 0 amide bonds. The normalized spacial score (nSPS) is 32.7. The first kappa shape index (κ1) is 15.0. The summed E-state index contributed by atoms with van der Waals surface area (Å²) in [6.07, 6.45) is 10.4. The van der Waals surface area contributed by atoms with Gasteiger partial charge in [-0.1, -0.05) is 32.3 Å².